The molecule has 2 aromatic carbocycles. The molecule has 2 aromatic rings. The molecule has 0 saturated carbocycles. The highest BCUT2D eigenvalue weighted by molar-refractivity contribution is 5.66. The Morgan fingerprint density at radius 1 is 0.815 bits per heavy atom. The average molecular weight is 368 g/mol. The van der Waals surface area contributed by atoms with Gasteiger partial charge in [-0.2, -0.15) is 0 Å². The molecule has 0 saturated heterocycles. The Kier molecular flexibility index (Phi) is 8.14. The minimum atomic E-state index is 0.199. The van der Waals surface area contributed by atoms with Gasteiger partial charge in [0.15, 0.2) is 0 Å². The van der Waals surface area contributed by atoms with Crippen LogP contribution in [0.2, 0.25) is 0 Å². The van der Waals surface area contributed by atoms with Crippen LogP contribution in [0.3, 0.4) is 0 Å². The van der Waals surface area contributed by atoms with E-state index in [9.17, 15) is 0 Å². The number of anilines is 2. The van der Waals surface area contributed by atoms with E-state index >= 15 is 0 Å². The Labute approximate surface area is 168 Å². The molecule has 27 heavy (non-hydrogen) atoms. The molecule has 0 fully saturated rings. The summed E-state index contributed by atoms with van der Waals surface area (Å²) in [5.41, 5.74) is 7.34. The van der Waals surface area contributed by atoms with Crippen molar-refractivity contribution in [3.05, 3.63) is 59.2 Å². The third-order valence-corrected chi connectivity index (χ3v) is 5.22. The zero-order chi connectivity index (χ0) is 20.8. The van der Waals surface area contributed by atoms with Gasteiger partial charge in [-0.05, 0) is 59.1 Å². The molecule has 0 bridgehead atoms. The van der Waals surface area contributed by atoms with E-state index in [0.717, 1.165) is 6.42 Å². The first-order valence-corrected chi connectivity index (χ1v) is 10.3. The molecule has 0 atom stereocenters. The van der Waals surface area contributed by atoms with E-state index in [1.807, 2.05) is 0 Å². The van der Waals surface area contributed by atoms with Crippen LogP contribution >= 0.6 is 0 Å². The predicted octanol–water partition coefficient (Wildman–Crippen LogP) is 8.07. The fourth-order valence-electron chi connectivity index (χ4n) is 2.59. The molecule has 0 aromatic heterocycles. The Bertz CT molecular complexity index is 696. The van der Waals surface area contributed by atoms with Crippen molar-refractivity contribution in [1.82, 2.24) is 0 Å². The van der Waals surface area contributed by atoms with Crippen molar-refractivity contribution in [1.29, 1.82) is 0 Å². The molecule has 0 aliphatic carbocycles. The van der Waals surface area contributed by atoms with Crippen molar-refractivity contribution in [3.63, 3.8) is 0 Å². The maximum absolute atomic E-state index is 2.31. The van der Waals surface area contributed by atoms with E-state index in [0.29, 0.717) is 5.41 Å². The molecule has 0 aliphatic heterocycles. The maximum atomic E-state index is 2.31. The molecule has 0 heterocycles. The zero-order valence-corrected chi connectivity index (χ0v) is 19.4. The summed E-state index contributed by atoms with van der Waals surface area (Å²) in [5, 5.41) is 0. The van der Waals surface area contributed by atoms with Crippen LogP contribution in [0, 0.1) is 12.3 Å². The van der Waals surface area contributed by atoms with Crippen molar-refractivity contribution in [2.45, 2.75) is 80.6 Å². The molecule has 150 valence electrons. The van der Waals surface area contributed by atoms with E-state index in [1.54, 1.807) is 0 Å². The highest BCUT2D eigenvalue weighted by atomic mass is 15.1. The number of hydrogen-bond acceptors (Lipinski definition) is 1. The van der Waals surface area contributed by atoms with E-state index in [-0.39, 0.29) is 5.41 Å². The second-order valence-corrected chi connectivity index (χ2v) is 9.74. The standard InChI is InChI=1S/C20H27N.C6H14/c1-7-16-8-11-18(12-9-16)21(6)19-13-10-17(14-15(19)2)20(3,4)5;1-5-6(2,3)4/h8-14H,7H2,1-6H3;5H2,1-4H3. The third-order valence-electron chi connectivity index (χ3n) is 5.22. The molecule has 0 N–H and O–H groups in total. The summed E-state index contributed by atoms with van der Waals surface area (Å²) in [6.45, 7) is 20.1. The lowest BCUT2D eigenvalue weighted by Gasteiger charge is -2.25. The van der Waals surface area contributed by atoms with Gasteiger partial charge in [-0.3, -0.25) is 0 Å². The predicted molar refractivity (Wildman–Crippen MR) is 124 cm³/mol. The number of rotatable bonds is 3. The normalized spacial score (nSPS) is 11.6. The van der Waals surface area contributed by atoms with Crippen molar-refractivity contribution < 1.29 is 0 Å². The first-order chi connectivity index (χ1) is 12.4. The molecule has 1 heteroatoms. The second kappa shape index (κ2) is 9.44. The Morgan fingerprint density at radius 3 is 1.70 bits per heavy atom. The summed E-state index contributed by atoms with van der Waals surface area (Å²) in [6, 6.07) is 15.6. The summed E-state index contributed by atoms with van der Waals surface area (Å²) < 4.78 is 0. The van der Waals surface area contributed by atoms with Gasteiger partial charge in [0.1, 0.15) is 0 Å². The molecular weight excluding hydrogens is 326 g/mol. The lowest BCUT2D eigenvalue weighted by molar-refractivity contribution is 0.398. The van der Waals surface area contributed by atoms with Crippen LogP contribution in [0.4, 0.5) is 11.4 Å². The Balaban J connectivity index is 0.000000527. The summed E-state index contributed by atoms with van der Waals surface area (Å²) in [7, 11) is 2.14. The van der Waals surface area contributed by atoms with Gasteiger partial charge in [-0.1, -0.05) is 86.1 Å². The van der Waals surface area contributed by atoms with Crippen molar-refractivity contribution >= 4 is 11.4 Å². The lowest BCUT2D eigenvalue weighted by Crippen LogP contribution is -2.14. The van der Waals surface area contributed by atoms with E-state index < -0.39 is 0 Å². The van der Waals surface area contributed by atoms with Crippen LogP contribution in [0.1, 0.15) is 78.5 Å². The minimum absolute atomic E-state index is 0.199. The van der Waals surface area contributed by atoms with Crippen LogP contribution in [0.5, 0.6) is 0 Å². The smallest absolute Gasteiger partial charge is 0.0437 e. The van der Waals surface area contributed by atoms with Crippen molar-refractivity contribution in [2.24, 2.45) is 5.41 Å². The van der Waals surface area contributed by atoms with Crippen molar-refractivity contribution in [2.75, 3.05) is 11.9 Å². The number of aryl methyl sites for hydroxylation is 2. The quantitative estimate of drug-likeness (QED) is 0.530. The number of benzene rings is 2. The fourth-order valence-corrected chi connectivity index (χ4v) is 2.59. The van der Waals surface area contributed by atoms with Crippen LogP contribution in [0.25, 0.3) is 0 Å². The molecule has 0 radical (unpaired) electrons. The lowest BCUT2D eigenvalue weighted by atomic mass is 9.86. The van der Waals surface area contributed by atoms with Gasteiger partial charge in [-0.15, -0.1) is 0 Å². The molecule has 0 aliphatic rings. The summed E-state index contributed by atoms with van der Waals surface area (Å²) in [6.07, 6.45) is 2.36. The van der Waals surface area contributed by atoms with Crippen LogP contribution < -0.4 is 4.90 Å². The topological polar surface area (TPSA) is 3.24 Å². The zero-order valence-electron chi connectivity index (χ0n) is 19.4. The third kappa shape index (κ3) is 7.40. The SMILES string of the molecule is CCC(C)(C)C.CCc1ccc(N(C)c2ccc(C(C)(C)C)cc2C)cc1. The Morgan fingerprint density at radius 2 is 1.33 bits per heavy atom. The molecular formula is C26H41N. The van der Waals surface area contributed by atoms with Gasteiger partial charge in [0.25, 0.3) is 0 Å². The van der Waals surface area contributed by atoms with Gasteiger partial charge < -0.3 is 4.90 Å². The van der Waals surface area contributed by atoms with E-state index in [2.05, 4.69) is 117 Å². The van der Waals surface area contributed by atoms with Crippen LogP contribution in [-0.2, 0) is 11.8 Å². The van der Waals surface area contributed by atoms with E-state index in [4.69, 9.17) is 0 Å². The first-order valence-electron chi connectivity index (χ1n) is 10.3. The van der Waals surface area contributed by atoms with Crippen LogP contribution in [0.15, 0.2) is 42.5 Å². The summed E-state index contributed by atoms with van der Waals surface area (Å²) >= 11 is 0. The molecule has 0 unspecified atom stereocenters. The molecule has 1 nitrogen and oxygen atoms in total. The highest BCUT2D eigenvalue weighted by Crippen LogP contribution is 2.31. The average Bonchev–Trinajstić information content (AvgIpc) is 2.60. The summed E-state index contributed by atoms with van der Waals surface area (Å²) in [4.78, 5) is 2.27. The van der Waals surface area contributed by atoms with E-state index in [1.165, 1.54) is 34.5 Å². The van der Waals surface area contributed by atoms with Gasteiger partial charge >= 0.3 is 0 Å². The minimum Gasteiger partial charge on any atom is -0.344 e. The number of hydrogen-bond donors (Lipinski definition) is 0. The molecule has 2 rings (SSSR count). The van der Waals surface area contributed by atoms with Crippen molar-refractivity contribution in [3.8, 4) is 0 Å². The largest absolute Gasteiger partial charge is 0.344 e. The van der Waals surface area contributed by atoms with Crippen LogP contribution in [-0.4, -0.2) is 7.05 Å². The number of nitrogens with zero attached hydrogens (tertiary/aromatic N) is 1. The first kappa shape index (κ1) is 23.3. The van der Waals surface area contributed by atoms with Gasteiger partial charge in [0, 0.05) is 18.4 Å². The fraction of sp³-hybridized carbons (Fsp3) is 0.538. The molecule has 0 spiro atoms. The Hall–Kier alpha value is -1.76. The highest BCUT2D eigenvalue weighted by Gasteiger charge is 2.15. The van der Waals surface area contributed by atoms with Gasteiger partial charge in [0.05, 0.1) is 0 Å². The second-order valence-electron chi connectivity index (χ2n) is 9.74. The van der Waals surface area contributed by atoms with Gasteiger partial charge in [0.2, 0.25) is 0 Å². The maximum Gasteiger partial charge on any atom is 0.0437 e. The summed E-state index contributed by atoms with van der Waals surface area (Å²) in [5.74, 6) is 0. The monoisotopic (exact) mass is 367 g/mol. The van der Waals surface area contributed by atoms with Gasteiger partial charge in [-0.25, -0.2) is 0 Å². The molecule has 0 amide bonds.